The standard InChI is InChI=1S/2C21H42O2S.2CH3.Sn/c2*1-2-3-4-5-6-7-8-9-10-11-12-13-14-15-17-20(21(22)23)18-16-19-24;;;/h2*20,24H,2-19H2,1H3,(H,22,23);2*1H3;/q;;;;+2/p-2. The summed E-state index contributed by atoms with van der Waals surface area (Å²) in [5.74, 6) is -0.715. The van der Waals surface area contributed by atoms with Crippen molar-refractivity contribution >= 4 is 58.3 Å². The van der Waals surface area contributed by atoms with Gasteiger partial charge in [-0.1, -0.05) is 194 Å². The van der Waals surface area contributed by atoms with E-state index in [-0.39, 0.29) is 33.0 Å². The molecule has 0 aromatic rings. The molecule has 0 aromatic heterocycles. The summed E-state index contributed by atoms with van der Waals surface area (Å²) in [5, 5.41) is 22.1. The van der Waals surface area contributed by atoms with Gasteiger partial charge in [-0.25, -0.2) is 0 Å². The zero-order valence-corrected chi connectivity index (χ0v) is 39.3. The van der Waals surface area contributed by atoms with Crippen molar-refractivity contribution in [3.8, 4) is 0 Å². The second-order valence-corrected chi connectivity index (χ2v) is 18.8. The maximum atomic E-state index is 11.0. The van der Waals surface area contributed by atoms with Crippen LogP contribution in [0.4, 0.5) is 0 Å². The number of thiol groups is 2. The molecular weight excluding hydrogens is 775 g/mol. The summed E-state index contributed by atoms with van der Waals surface area (Å²) in [7, 11) is 0. The van der Waals surface area contributed by atoms with Crippen LogP contribution in [0.3, 0.4) is 0 Å². The van der Waals surface area contributed by atoms with Gasteiger partial charge in [0.25, 0.3) is 0 Å². The van der Waals surface area contributed by atoms with Crippen molar-refractivity contribution in [3.05, 3.63) is 0 Å². The van der Waals surface area contributed by atoms with Crippen molar-refractivity contribution in [2.45, 2.75) is 242 Å². The van der Waals surface area contributed by atoms with Gasteiger partial charge in [0.1, 0.15) is 0 Å². The average Bonchev–Trinajstić information content (AvgIpc) is 3.11. The van der Waals surface area contributed by atoms with E-state index in [0.29, 0.717) is 0 Å². The zero-order chi connectivity index (χ0) is 38.5. The first-order valence-electron chi connectivity index (χ1n) is 22.1. The minimum atomic E-state index is -0.869. The van der Waals surface area contributed by atoms with E-state index in [1.54, 1.807) is 0 Å². The zero-order valence-electron chi connectivity index (χ0n) is 34.6. The van der Waals surface area contributed by atoms with Crippen LogP contribution >= 0.6 is 25.3 Å². The Labute approximate surface area is 341 Å². The van der Waals surface area contributed by atoms with Crippen molar-refractivity contribution in [2.75, 3.05) is 11.5 Å². The van der Waals surface area contributed by atoms with Crippen LogP contribution in [0, 0.1) is 11.8 Å². The molecular formula is C44H88O4S2Sn. The van der Waals surface area contributed by atoms with Crippen LogP contribution in [0.1, 0.15) is 232 Å². The molecule has 0 N–H and O–H groups in total. The third-order valence-electron chi connectivity index (χ3n) is 9.90. The van der Waals surface area contributed by atoms with Gasteiger partial charge in [-0.15, -0.1) is 0 Å². The van der Waals surface area contributed by atoms with Crippen LogP contribution in [0.25, 0.3) is 0 Å². The van der Waals surface area contributed by atoms with Crippen LogP contribution in [-0.2, 0) is 9.59 Å². The topological polar surface area (TPSA) is 80.3 Å². The van der Waals surface area contributed by atoms with Gasteiger partial charge < -0.3 is 19.8 Å². The molecule has 2 unspecified atom stereocenters. The number of carboxylic acids is 2. The predicted molar refractivity (Wildman–Crippen MR) is 231 cm³/mol. The first-order valence-corrected chi connectivity index (χ1v) is 29.0. The van der Waals surface area contributed by atoms with Crippen LogP contribution < -0.4 is 10.2 Å². The quantitative estimate of drug-likeness (QED) is 0.0368. The summed E-state index contributed by atoms with van der Waals surface area (Å²) < 4.78 is 0. The Bertz CT molecular complexity index is 613. The van der Waals surface area contributed by atoms with Crippen LogP contribution in [-0.4, -0.2) is 44.6 Å². The molecule has 0 fully saturated rings. The fourth-order valence-corrected chi connectivity index (χ4v) is 6.97. The van der Waals surface area contributed by atoms with E-state index in [0.717, 1.165) is 62.9 Å². The van der Waals surface area contributed by atoms with E-state index in [2.05, 4.69) is 49.0 Å². The molecule has 0 radical (unpaired) electrons. The summed E-state index contributed by atoms with van der Waals surface area (Å²) in [6.45, 7) is 4.54. The fraction of sp³-hybridized carbons (Fsp3) is 0.955. The Morgan fingerprint density at radius 1 is 0.392 bits per heavy atom. The van der Waals surface area contributed by atoms with Gasteiger partial charge in [-0.2, -0.15) is 25.3 Å². The number of aliphatic carboxylic acids is 2. The van der Waals surface area contributed by atoms with E-state index in [9.17, 15) is 19.8 Å². The first kappa shape index (κ1) is 55.8. The van der Waals surface area contributed by atoms with Crippen molar-refractivity contribution in [3.63, 3.8) is 0 Å². The SMILES string of the molecule is CCCCCCCCCCCCCCCCC(CCCS)C(=O)[O-].CCCCCCCCCCCCCCCCC(CCCS)C(=O)[O-].[CH3][Sn+2][CH3]. The Balaban J connectivity index is -0.000000838. The van der Waals surface area contributed by atoms with Crippen molar-refractivity contribution in [1.29, 1.82) is 0 Å². The molecule has 0 heterocycles. The van der Waals surface area contributed by atoms with Crippen LogP contribution in [0.5, 0.6) is 0 Å². The summed E-state index contributed by atoms with van der Waals surface area (Å²) in [6, 6.07) is 0. The summed E-state index contributed by atoms with van der Waals surface area (Å²) in [6.07, 6.45) is 42.2. The van der Waals surface area contributed by atoms with Gasteiger partial charge in [0.2, 0.25) is 0 Å². The van der Waals surface area contributed by atoms with E-state index < -0.39 is 11.9 Å². The van der Waals surface area contributed by atoms with Gasteiger partial charge in [-0.3, -0.25) is 0 Å². The first-order chi connectivity index (χ1) is 24.9. The minimum absolute atomic E-state index is 0.230. The monoisotopic (exact) mass is 865 g/mol. The Kier molecular flexibility index (Phi) is 55.2. The van der Waals surface area contributed by atoms with Crippen molar-refractivity contribution < 1.29 is 19.8 Å². The third-order valence-corrected chi connectivity index (χ3v) is 10.5. The normalized spacial score (nSPS) is 11.9. The second-order valence-electron chi connectivity index (χ2n) is 15.0. The average molecular weight is 864 g/mol. The molecule has 4 nitrogen and oxygen atoms in total. The molecule has 0 bridgehead atoms. The fourth-order valence-electron chi connectivity index (χ4n) is 6.61. The van der Waals surface area contributed by atoms with Crippen molar-refractivity contribution in [1.82, 2.24) is 0 Å². The molecule has 0 amide bonds. The Morgan fingerprint density at radius 3 is 0.745 bits per heavy atom. The molecule has 0 aliphatic heterocycles. The van der Waals surface area contributed by atoms with Crippen molar-refractivity contribution in [2.24, 2.45) is 11.8 Å². The van der Waals surface area contributed by atoms with Gasteiger partial charge in [0.15, 0.2) is 0 Å². The molecule has 304 valence electrons. The van der Waals surface area contributed by atoms with Gasteiger partial charge in [0.05, 0.1) is 0 Å². The summed E-state index contributed by atoms with van der Waals surface area (Å²) in [5.41, 5.74) is 0. The Hall–Kier alpha value is 0.439. The number of carboxylic acid groups (broad SMARTS) is 2. The van der Waals surface area contributed by atoms with E-state index in [1.165, 1.54) is 167 Å². The second kappa shape index (κ2) is 50.4. The number of rotatable bonds is 38. The molecule has 0 saturated heterocycles. The molecule has 7 heteroatoms. The van der Waals surface area contributed by atoms with Gasteiger partial charge in [0, 0.05) is 11.9 Å². The van der Waals surface area contributed by atoms with Gasteiger partial charge >= 0.3 is 31.0 Å². The molecule has 0 aliphatic rings. The van der Waals surface area contributed by atoms with Crippen LogP contribution in [0.2, 0.25) is 9.88 Å². The summed E-state index contributed by atoms with van der Waals surface area (Å²) in [4.78, 5) is 26.7. The molecule has 2 atom stereocenters. The number of hydrogen-bond acceptors (Lipinski definition) is 6. The number of unbranched alkanes of at least 4 members (excludes halogenated alkanes) is 26. The van der Waals surface area contributed by atoms with E-state index in [4.69, 9.17) is 0 Å². The molecule has 0 rings (SSSR count). The maximum absolute atomic E-state index is 11.0. The third kappa shape index (κ3) is 50.4. The van der Waals surface area contributed by atoms with Crippen LogP contribution in [0.15, 0.2) is 0 Å². The predicted octanol–water partition coefficient (Wildman–Crippen LogP) is 12.7. The van der Waals surface area contributed by atoms with E-state index >= 15 is 0 Å². The number of carbonyl (C=O) groups is 2. The number of carbonyl (C=O) groups excluding carboxylic acids is 2. The Morgan fingerprint density at radius 2 is 0.569 bits per heavy atom. The van der Waals surface area contributed by atoms with E-state index in [1.807, 2.05) is 0 Å². The molecule has 0 aliphatic carbocycles. The van der Waals surface area contributed by atoms with Gasteiger partial charge in [-0.05, 0) is 61.9 Å². The molecule has 0 spiro atoms. The number of hydrogen-bond donors (Lipinski definition) is 2. The molecule has 51 heavy (non-hydrogen) atoms. The summed E-state index contributed by atoms with van der Waals surface area (Å²) >= 11 is 8.52. The molecule has 0 saturated carbocycles. The molecule has 0 aromatic carbocycles.